The Morgan fingerprint density at radius 1 is 1.06 bits per heavy atom. The highest BCUT2D eigenvalue weighted by atomic mass is 32.2. The third-order valence-electron chi connectivity index (χ3n) is 7.55. The Bertz CT molecular complexity index is 1000. The minimum Gasteiger partial charge on any atom is -0.355 e. The minimum atomic E-state index is -3.70. The van der Waals surface area contributed by atoms with Crippen molar-refractivity contribution >= 4 is 27.5 Å². The van der Waals surface area contributed by atoms with Crippen LogP contribution in [0.1, 0.15) is 51.5 Å². The Kier molecular flexibility index (Phi) is 7.94. The van der Waals surface area contributed by atoms with Gasteiger partial charge in [-0.15, -0.1) is 0 Å². The molecule has 1 atom stereocenters. The third kappa shape index (κ3) is 5.63. The normalized spacial score (nSPS) is 22.9. The van der Waals surface area contributed by atoms with Gasteiger partial charge >= 0.3 is 0 Å². The van der Waals surface area contributed by atoms with E-state index < -0.39 is 10.0 Å². The molecule has 2 amide bonds. The molecule has 1 aromatic carbocycles. The largest absolute Gasteiger partial charge is 0.355 e. The number of amides is 2. The zero-order valence-corrected chi connectivity index (χ0v) is 21.3. The van der Waals surface area contributed by atoms with Gasteiger partial charge in [0.15, 0.2) is 0 Å². The van der Waals surface area contributed by atoms with Gasteiger partial charge < -0.3 is 15.1 Å². The number of carbonyl (C=O) groups excluding carboxylic acids is 2. The number of piperidine rings is 2. The van der Waals surface area contributed by atoms with Crippen molar-refractivity contribution in [3.63, 3.8) is 0 Å². The number of hydrogen-bond acceptors (Lipinski definition) is 5. The first-order chi connectivity index (χ1) is 16.3. The van der Waals surface area contributed by atoms with Crippen molar-refractivity contribution in [3.8, 4) is 0 Å². The Morgan fingerprint density at radius 3 is 2.56 bits per heavy atom. The number of fused-ring (bicyclic) bond motifs is 1. The first-order valence-electron chi connectivity index (χ1n) is 12.7. The standard InChI is InChI=1S/C25H38N4O4S/c1-19-9-14-27(15-10-19)16-11-26-25(31)22-6-3-12-28(18-22)34(32,33)23-7-8-24-21(17-23)5-4-13-29(24)20(2)30/h7-8,17,19,22H,3-6,9-16,18H2,1-2H3,(H,26,31)/t22-/m1/s1. The maximum absolute atomic E-state index is 13.4. The van der Waals surface area contributed by atoms with Crippen LogP contribution in [0.5, 0.6) is 0 Å². The summed E-state index contributed by atoms with van der Waals surface area (Å²) in [5.41, 5.74) is 1.69. The van der Waals surface area contributed by atoms with E-state index in [1.54, 1.807) is 23.1 Å². The summed E-state index contributed by atoms with van der Waals surface area (Å²) in [6, 6.07) is 5.06. The molecule has 8 nitrogen and oxygen atoms in total. The van der Waals surface area contributed by atoms with Crippen LogP contribution in [0.3, 0.4) is 0 Å². The van der Waals surface area contributed by atoms with E-state index in [9.17, 15) is 18.0 Å². The molecule has 0 spiro atoms. The van der Waals surface area contributed by atoms with E-state index in [-0.39, 0.29) is 29.2 Å². The maximum atomic E-state index is 13.4. The highest BCUT2D eigenvalue weighted by Crippen LogP contribution is 2.31. The van der Waals surface area contributed by atoms with Crippen molar-refractivity contribution < 1.29 is 18.0 Å². The lowest BCUT2D eigenvalue weighted by Gasteiger charge is -2.33. The second-order valence-electron chi connectivity index (χ2n) is 10.1. The Labute approximate surface area is 203 Å². The molecule has 2 fully saturated rings. The molecule has 0 unspecified atom stereocenters. The predicted octanol–water partition coefficient (Wildman–Crippen LogP) is 2.23. The SMILES string of the molecule is CC(=O)N1CCCc2cc(S(=O)(=O)N3CCC[C@@H](C(=O)NCCN4CCC(C)CC4)C3)ccc21. The highest BCUT2D eigenvalue weighted by molar-refractivity contribution is 7.89. The van der Waals surface area contributed by atoms with Gasteiger partial charge in [0.05, 0.1) is 10.8 Å². The van der Waals surface area contributed by atoms with Crippen molar-refractivity contribution in [1.82, 2.24) is 14.5 Å². The van der Waals surface area contributed by atoms with Crippen molar-refractivity contribution in [1.29, 1.82) is 0 Å². The second-order valence-corrected chi connectivity index (χ2v) is 12.0. The molecule has 3 aliphatic heterocycles. The van der Waals surface area contributed by atoms with Gasteiger partial charge in [0, 0.05) is 45.3 Å². The number of sulfonamides is 1. The molecule has 3 heterocycles. The van der Waals surface area contributed by atoms with Gasteiger partial charge in [0.25, 0.3) is 0 Å². The monoisotopic (exact) mass is 490 g/mol. The van der Waals surface area contributed by atoms with Crippen LogP contribution in [-0.2, 0) is 26.0 Å². The molecule has 34 heavy (non-hydrogen) atoms. The van der Waals surface area contributed by atoms with Crippen LogP contribution in [0.15, 0.2) is 23.1 Å². The molecule has 1 aromatic rings. The zero-order chi connectivity index (χ0) is 24.3. The fraction of sp³-hybridized carbons (Fsp3) is 0.680. The molecule has 4 rings (SSSR count). The average molecular weight is 491 g/mol. The Balaban J connectivity index is 1.36. The summed E-state index contributed by atoms with van der Waals surface area (Å²) in [6.45, 7) is 8.73. The van der Waals surface area contributed by atoms with E-state index in [4.69, 9.17) is 0 Å². The number of anilines is 1. The van der Waals surface area contributed by atoms with Gasteiger partial charge in [-0.25, -0.2) is 8.42 Å². The van der Waals surface area contributed by atoms with Crippen LogP contribution >= 0.6 is 0 Å². The number of rotatable bonds is 6. The molecular formula is C25H38N4O4S. The summed E-state index contributed by atoms with van der Waals surface area (Å²) in [4.78, 5) is 29.1. The molecule has 1 N–H and O–H groups in total. The van der Waals surface area contributed by atoms with Gasteiger partial charge in [-0.3, -0.25) is 9.59 Å². The fourth-order valence-electron chi connectivity index (χ4n) is 5.35. The van der Waals surface area contributed by atoms with Crippen molar-refractivity contribution in [2.24, 2.45) is 11.8 Å². The molecule has 0 saturated carbocycles. The summed E-state index contributed by atoms with van der Waals surface area (Å²) in [5.74, 6) is 0.379. The summed E-state index contributed by atoms with van der Waals surface area (Å²) in [7, 11) is -3.70. The quantitative estimate of drug-likeness (QED) is 0.661. The van der Waals surface area contributed by atoms with Crippen LogP contribution in [0.25, 0.3) is 0 Å². The Morgan fingerprint density at radius 2 is 1.82 bits per heavy atom. The smallest absolute Gasteiger partial charge is 0.243 e. The molecule has 0 aliphatic carbocycles. The lowest BCUT2D eigenvalue weighted by atomic mass is 9.98. The van der Waals surface area contributed by atoms with Gasteiger partial charge in [0.1, 0.15) is 0 Å². The fourth-order valence-corrected chi connectivity index (χ4v) is 6.93. The van der Waals surface area contributed by atoms with E-state index in [0.717, 1.165) is 49.6 Å². The summed E-state index contributed by atoms with van der Waals surface area (Å²) < 4.78 is 28.3. The van der Waals surface area contributed by atoms with Crippen LogP contribution in [0, 0.1) is 11.8 Å². The van der Waals surface area contributed by atoms with Crippen LogP contribution in [0.2, 0.25) is 0 Å². The average Bonchev–Trinajstić information content (AvgIpc) is 2.84. The number of hydrogen-bond donors (Lipinski definition) is 1. The minimum absolute atomic E-state index is 0.0312. The van der Waals surface area contributed by atoms with Crippen molar-refractivity contribution in [2.45, 2.75) is 57.3 Å². The predicted molar refractivity (Wildman–Crippen MR) is 132 cm³/mol. The molecule has 2 saturated heterocycles. The molecular weight excluding hydrogens is 452 g/mol. The lowest BCUT2D eigenvalue weighted by molar-refractivity contribution is -0.126. The van der Waals surface area contributed by atoms with Gasteiger partial charge in [-0.2, -0.15) is 4.31 Å². The van der Waals surface area contributed by atoms with Crippen molar-refractivity contribution in [3.05, 3.63) is 23.8 Å². The number of nitrogens with zero attached hydrogens (tertiary/aromatic N) is 3. The Hall–Kier alpha value is -1.97. The van der Waals surface area contributed by atoms with E-state index in [0.29, 0.717) is 32.5 Å². The van der Waals surface area contributed by atoms with Crippen LogP contribution in [0.4, 0.5) is 5.69 Å². The summed E-state index contributed by atoms with van der Waals surface area (Å²) >= 11 is 0. The number of nitrogens with one attached hydrogen (secondary N) is 1. The van der Waals surface area contributed by atoms with E-state index in [2.05, 4.69) is 17.1 Å². The molecule has 0 bridgehead atoms. The molecule has 188 valence electrons. The van der Waals surface area contributed by atoms with E-state index >= 15 is 0 Å². The zero-order valence-electron chi connectivity index (χ0n) is 20.5. The van der Waals surface area contributed by atoms with Crippen LogP contribution < -0.4 is 10.2 Å². The number of benzene rings is 1. The van der Waals surface area contributed by atoms with Gasteiger partial charge in [-0.1, -0.05) is 6.92 Å². The number of carbonyl (C=O) groups is 2. The van der Waals surface area contributed by atoms with Gasteiger partial charge in [-0.05, 0) is 81.3 Å². The van der Waals surface area contributed by atoms with E-state index in [1.807, 2.05) is 0 Å². The third-order valence-corrected chi connectivity index (χ3v) is 9.41. The van der Waals surface area contributed by atoms with Crippen molar-refractivity contribution in [2.75, 3.05) is 50.7 Å². The highest BCUT2D eigenvalue weighted by Gasteiger charge is 2.34. The van der Waals surface area contributed by atoms with Gasteiger partial charge in [0.2, 0.25) is 21.8 Å². The molecule has 0 radical (unpaired) electrons. The van der Waals surface area contributed by atoms with E-state index in [1.165, 1.54) is 24.1 Å². The maximum Gasteiger partial charge on any atom is 0.243 e. The number of aryl methyl sites for hydroxylation is 1. The molecule has 3 aliphatic rings. The number of likely N-dealkylation sites (tertiary alicyclic amines) is 1. The first-order valence-corrected chi connectivity index (χ1v) is 14.1. The van der Waals surface area contributed by atoms with Crippen LogP contribution in [-0.4, -0.2) is 75.3 Å². The first kappa shape index (κ1) is 25.1. The summed E-state index contributed by atoms with van der Waals surface area (Å²) in [5, 5.41) is 3.04. The second kappa shape index (κ2) is 10.7. The molecule has 9 heteroatoms. The topological polar surface area (TPSA) is 90.0 Å². The summed E-state index contributed by atoms with van der Waals surface area (Å²) in [6.07, 6.45) is 5.36. The molecule has 0 aromatic heterocycles. The lowest BCUT2D eigenvalue weighted by Crippen LogP contribution is -2.47.